The summed E-state index contributed by atoms with van der Waals surface area (Å²) in [6, 6.07) is 23.5. The van der Waals surface area contributed by atoms with Gasteiger partial charge in [0.05, 0.1) is 19.3 Å². The molecule has 3 aromatic carbocycles. The van der Waals surface area contributed by atoms with E-state index in [2.05, 4.69) is 10.2 Å². The van der Waals surface area contributed by atoms with Crippen molar-refractivity contribution in [3.8, 4) is 5.75 Å². The number of ether oxygens (including phenoxy) is 2. The first-order valence-corrected chi connectivity index (χ1v) is 10.8. The molecule has 1 unspecified atom stereocenters. The van der Waals surface area contributed by atoms with Gasteiger partial charge in [0.15, 0.2) is 0 Å². The van der Waals surface area contributed by atoms with Crippen molar-refractivity contribution < 1.29 is 18.7 Å². The molecule has 3 aromatic rings. The second-order valence-electron chi connectivity index (χ2n) is 7.73. The molecule has 1 aliphatic heterocycles. The number of benzene rings is 3. The fourth-order valence-electron chi connectivity index (χ4n) is 3.79. The maximum atomic E-state index is 13.8. The molecule has 1 atom stereocenters. The number of rotatable bonds is 8. The van der Waals surface area contributed by atoms with E-state index >= 15 is 0 Å². The van der Waals surface area contributed by atoms with Gasteiger partial charge in [-0.2, -0.15) is 0 Å². The SMILES string of the molecule is O=C(NCC(c1cccc(F)c1)N1CCOCC1)c1ccc(COc2ccccc2)cc1. The predicted molar refractivity (Wildman–Crippen MR) is 121 cm³/mol. The van der Waals surface area contributed by atoms with Crippen LogP contribution in [0, 0.1) is 5.82 Å². The van der Waals surface area contributed by atoms with Crippen LogP contribution >= 0.6 is 0 Å². The number of hydrogen-bond donors (Lipinski definition) is 1. The first kappa shape index (κ1) is 22.0. The number of nitrogens with one attached hydrogen (secondary N) is 1. The molecule has 0 bridgehead atoms. The molecule has 166 valence electrons. The number of carbonyl (C=O) groups excluding carboxylic acids is 1. The van der Waals surface area contributed by atoms with Crippen LogP contribution < -0.4 is 10.1 Å². The number of halogens is 1. The van der Waals surface area contributed by atoms with Crippen LogP contribution in [0.5, 0.6) is 5.75 Å². The lowest BCUT2D eigenvalue weighted by atomic mass is 10.0. The number of carbonyl (C=O) groups is 1. The molecule has 32 heavy (non-hydrogen) atoms. The minimum atomic E-state index is -0.277. The van der Waals surface area contributed by atoms with Crippen molar-refractivity contribution in [1.82, 2.24) is 10.2 Å². The van der Waals surface area contributed by atoms with Gasteiger partial charge >= 0.3 is 0 Å². The second kappa shape index (κ2) is 10.9. The number of amides is 1. The van der Waals surface area contributed by atoms with Crippen LogP contribution in [0.1, 0.15) is 27.5 Å². The van der Waals surface area contributed by atoms with Crippen LogP contribution in [0.2, 0.25) is 0 Å². The van der Waals surface area contributed by atoms with Crippen LogP contribution in [0.25, 0.3) is 0 Å². The van der Waals surface area contributed by atoms with E-state index in [0.29, 0.717) is 31.9 Å². The normalized spacial score (nSPS) is 15.2. The Bertz CT molecular complexity index is 1010. The van der Waals surface area contributed by atoms with E-state index in [1.165, 1.54) is 12.1 Å². The van der Waals surface area contributed by atoms with Crippen molar-refractivity contribution in [2.24, 2.45) is 0 Å². The molecule has 5 nitrogen and oxygen atoms in total. The third-order valence-electron chi connectivity index (χ3n) is 5.54. The van der Waals surface area contributed by atoms with Crippen LogP contribution in [0.4, 0.5) is 4.39 Å². The van der Waals surface area contributed by atoms with E-state index in [-0.39, 0.29) is 17.8 Å². The zero-order valence-corrected chi connectivity index (χ0v) is 17.9. The molecule has 1 heterocycles. The number of morpholine rings is 1. The quantitative estimate of drug-likeness (QED) is 0.577. The van der Waals surface area contributed by atoms with E-state index in [4.69, 9.17) is 9.47 Å². The topological polar surface area (TPSA) is 50.8 Å². The lowest BCUT2D eigenvalue weighted by Gasteiger charge is -2.35. The maximum Gasteiger partial charge on any atom is 0.251 e. The molecule has 1 N–H and O–H groups in total. The van der Waals surface area contributed by atoms with Crippen molar-refractivity contribution in [1.29, 1.82) is 0 Å². The van der Waals surface area contributed by atoms with Crippen molar-refractivity contribution >= 4 is 5.91 Å². The first-order valence-electron chi connectivity index (χ1n) is 10.8. The van der Waals surface area contributed by atoms with Gasteiger partial charge < -0.3 is 14.8 Å². The highest BCUT2D eigenvalue weighted by atomic mass is 19.1. The summed E-state index contributed by atoms with van der Waals surface area (Å²) in [4.78, 5) is 15.0. The Morgan fingerprint density at radius 1 is 1.00 bits per heavy atom. The zero-order valence-electron chi connectivity index (χ0n) is 17.9. The van der Waals surface area contributed by atoms with Crippen LogP contribution in [0.3, 0.4) is 0 Å². The minimum Gasteiger partial charge on any atom is -0.489 e. The lowest BCUT2D eigenvalue weighted by molar-refractivity contribution is 0.0162. The number of hydrogen-bond acceptors (Lipinski definition) is 4. The fraction of sp³-hybridized carbons (Fsp3) is 0.269. The van der Waals surface area contributed by atoms with E-state index < -0.39 is 0 Å². The van der Waals surface area contributed by atoms with Gasteiger partial charge in [-0.3, -0.25) is 9.69 Å². The van der Waals surface area contributed by atoms with Crippen LogP contribution in [0.15, 0.2) is 78.9 Å². The standard InChI is InChI=1S/C26H27FN2O3/c27-23-6-4-5-22(17-23)25(29-13-15-31-16-14-29)18-28-26(30)21-11-9-20(10-12-21)19-32-24-7-2-1-3-8-24/h1-12,17,25H,13-16,18-19H2,(H,28,30). The monoisotopic (exact) mass is 434 g/mol. The third kappa shape index (κ3) is 5.93. The predicted octanol–water partition coefficient (Wildman–Crippen LogP) is 4.21. The van der Waals surface area contributed by atoms with E-state index in [0.717, 1.165) is 30.0 Å². The average Bonchev–Trinajstić information content (AvgIpc) is 2.84. The summed E-state index contributed by atoms with van der Waals surface area (Å²) in [6.07, 6.45) is 0. The molecule has 0 aliphatic carbocycles. The summed E-state index contributed by atoms with van der Waals surface area (Å²) < 4.78 is 25.0. The molecular weight excluding hydrogens is 407 g/mol. The third-order valence-corrected chi connectivity index (χ3v) is 5.54. The molecule has 1 fully saturated rings. The van der Waals surface area contributed by atoms with Gasteiger partial charge in [-0.25, -0.2) is 4.39 Å². The van der Waals surface area contributed by atoms with Crippen molar-refractivity contribution in [3.05, 3.63) is 101 Å². The Kier molecular flexibility index (Phi) is 7.48. The molecule has 1 saturated heterocycles. The van der Waals surface area contributed by atoms with Crippen LogP contribution in [-0.2, 0) is 11.3 Å². The lowest BCUT2D eigenvalue weighted by Crippen LogP contribution is -2.43. The van der Waals surface area contributed by atoms with Gasteiger partial charge in [-0.15, -0.1) is 0 Å². The highest BCUT2D eigenvalue weighted by Crippen LogP contribution is 2.22. The summed E-state index contributed by atoms with van der Waals surface area (Å²) in [5.74, 6) is 0.372. The smallest absolute Gasteiger partial charge is 0.251 e. The summed E-state index contributed by atoms with van der Waals surface area (Å²) in [5.41, 5.74) is 2.41. The molecular formula is C26H27FN2O3. The summed E-state index contributed by atoms with van der Waals surface area (Å²) >= 11 is 0. The molecule has 1 aliphatic rings. The Morgan fingerprint density at radius 2 is 1.75 bits per heavy atom. The fourth-order valence-corrected chi connectivity index (χ4v) is 3.79. The van der Waals surface area contributed by atoms with Gasteiger partial charge in [-0.1, -0.05) is 42.5 Å². The Balaban J connectivity index is 1.37. The maximum absolute atomic E-state index is 13.8. The molecule has 0 saturated carbocycles. The van der Waals surface area contributed by atoms with Gasteiger partial charge in [0.1, 0.15) is 18.2 Å². The highest BCUT2D eigenvalue weighted by Gasteiger charge is 2.23. The summed E-state index contributed by atoms with van der Waals surface area (Å²) in [5, 5.41) is 3.02. The first-order chi connectivity index (χ1) is 15.7. The van der Waals surface area contributed by atoms with E-state index in [1.807, 2.05) is 48.5 Å². The highest BCUT2D eigenvalue weighted by molar-refractivity contribution is 5.94. The Morgan fingerprint density at radius 3 is 2.47 bits per heavy atom. The van der Waals surface area contributed by atoms with Crippen molar-refractivity contribution in [2.45, 2.75) is 12.6 Å². The molecule has 6 heteroatoms. The number of para-hydroxylation sites is 1. The van der Waals surface area contributed by atoms with Crippen molar-refractivity contribution in [3.63, 3.8) is 0 Å². The van der Waals surface area contributed by atoms with Gasteiger partial charge in [0.25, 0.3) is 5.91 Å². The molecule has 0 radical (unpaired) electrons. The average molecular weight is 435 g/mol. The molecule has 0 spiro atoms. The Labute approximate surface area is 187 Å². The second-order valence-corrected chi connectivity index (χ2v) is 7.73. The molecule has 0 aromatic heterocycles. The van der Waals surface area contributed by atoms with Gasteiger partial charge in [0, 0.05) is 25.2 Å². The van der Waals surface area contributed by atoms with Crippen LogP contribution in [-0.4, -0.2) is 43.7 Å². The van der Waals surface area contributed by atoms with E-state index in [1.54, 1.807) is 18.2 Å². The molecule has 4 rings (SSSR count). The van der Waals surface area contributed by atoms with Gasteiger partial charge in [0.2, 0.25) is 0 Å². The largest absolute Gasteiger partial charge is 0.489 e. The number of nitrogens with zero attached hydrogens (tertiary/aromatic N) is 1. The zero-order chi connectivity index (χ0) is 22.2. The van der Waals surface area contributed by atoms with E-state index in [9.17, 15) is 9.18 Å². The molecule has 1 amide bonds. The van der Waals surface area contributed by atoms with Gasteiger partial charge in [-0.05, 0) is 47.5 Å². The summed E-state index contributed by atoms with van der Waals surface area (Å²) in [6.45, 7) is 3.57. The van der Waals surface area contributed by atoms with Crippen molar-refractivity contribution in [2.75, 3.05) is 32.8 Å². The minimum absolute atomic E-state index is 0.114. The Hall–Kier alpha value is -3.22. The summed E-state index contributed by atoms with van der Waals surface area (Å²) in [7, 11) is 0.